The molecule has 0 atom stereocenters. The Morgan fingerprint density at radius 2 is 1.87 bits per heavy atom. The lowest BCUT2D eigenvalue weighted by Gasteiger charge is -2.13. The fourth-order valence-corrected chi connectivity index (χ4v) is 1.79. The van der Waals surface area contributed by atoms with E-state index in [9.17, 15) is 15.0 Å². The fourth-order valence-electron chi connectivity index (χ4n) is 1.79. The molecule has 0 unspecified atom stereocenters. The second kappa shape index (κ2) is 2.89. The fraction of sp³-hybridized carbons (Fsp3) is 0.364. The highest BCUT2D eigenvalue weighted by Crippen LogP contribution is 2.52. The Labute approximate surface area is 86.8 Å². The molecule has 0 aliphatic heterocycles. The number of rotatable bonds is 2. The second-order valence-electron chi connectivity index (χ2n) is 4.04. The van der Waals surface area contributed by atoms with E-state index in [4.69, 9.17) is 5.11 Å². The molecular formula is C11H12O4. The maximum absolute atomic E-state index is 11.1. The van der Waals surface area contributed by atoms with E-state index in [1.807, 2.05) is 0 Å². The number of phenols is 2. The SMILES string of the molecule is Cc1cc(C2(C(=O)O)CC2)c(O)cc1O. The molecule has 1 aliphatic rings. The first-order chi connectivity index (χ1) is 6.97. The number of carbonyl (C=O) groups is 1. The van der Waals surface area contributed by atoms with Crippen LogP contribution >= 0.6 is 0 Å². The lowest BCUT2D eigenvalue weighted by Crippen LogP contribution is -2.19. The van der Waals surface area contributed by atoms with Gasteiger partial charge in [-0.05, 0) is 31.4 Å². The van der Waals surface area contributed by atoms with Crippen molar-refractivity contribution < 1.29 is 20.1 Å². The Kier molecular flexibility index (Phi) is 1.89. The Hall–Kier alpha value is -1.71. The summed E-state index contributed by atoms with van der Waals surface area (Å²) in [4.78, 5) is 11.1. The predicted octanol–water partition coefficient (Wildman–Crippen LogP) is 1.52. The smallest absolute Gasteiger partial charge is 0.314 e. The number of aromatic hydroxyl groups is 2. The van der Waals surface area contributed by atoms with Gasteiger partial charge in [-0.25, -0.2) is 0 Å². The van der Waals surface area contributed by atoms with E-state index in [0.29, 0.717) is 24.0 Å². The quantitative estimate of drug-likeness (QED) is 0.688. The molecule has 0 amide bonds. The van der Waals surface area contributed by atoms with Crippen LogP contribution in [0.25, 0.3) is 0 Å². The molecule has 0 saturated heterocycles. The van der Waals surface area contributed by atoms with Crippen molar-refractivity contribution in [2.45, 2.75) is 25.2 Å². The first-order valence-corrected chi connectivity index (χ1v) is 4.74. The summed E-state index contributed by atoms with van der Waals surface area (Å²) in [6.45, 7) is 1.68. The third kappa shape index (κ3) is 1.33. The van der Waals surface area contributed by atoms with Crippen molar-refractivity contribution in [3.8, 4) is 11.5 Å². The van der Waals surface area contributed by atoms with Crippen molar-refractivity contribution in [2.24, 2.45) is 0 Å². The third-order valence-corrected chi connectivity index (χ3v) is 2.99. The van der Waals surface area contributed by atoms with E-state index in [1.54, 1.807) is 13.0 Å². The molecular weight excluding hydrogens is 196 g/mol. The molecule has 3 N–H and O–H groups in total. The second-order valence-corrected chi connectivity index (χ2v) is 4.04. The van der Waals surface area contributed by atoms with Gasteiger partial charge in [0.05, 0.1) is 5.41 Å². The largest absolute Gasteiger partial charge is 0.508 e. The molecule has 80 valence electrons. The Morgan fingerprint density at radius 3 is 2.33 bits per heavy atom. The van der Waals surface area contributed by atoms with Gasteiger partial charge < -0.3 is 15.3 Å². The molecule has 1 saturated carbocycles. The van der Waals surface area contributed by atoms with Gasteiger partial charge in [-0.15, -0.1) is 0 Å². The van der Waals surface area contributed by atoms with Gasteiger partial charge in [0.1, 0.15) is 11.5 Å². The Bertz CT molecular complexity index is 432. The van der Waals surface area contributed by atoms with E-state index in [1.165, 1.54) is 6.07 Å². The van der Waals surface area contributed by atoms with Crippen LogP contribution in [0.1, 0.15) is 24.0 Å². The zero-order valence-electron chi connectivity index (χ0n) is 8.32. The predicted molar refractivity (Wildman–Crippen MR) is 53.1 cm³/mol. The summed E-state index contributed by atoms with van der Waals surface area (Å²) in [5, 5.41) is 28.0. The normalized spacial score (nSPS) is 17.4. The van der Waals surface area contributed by atoms with Crippen molar-refractivity contribution in [2.75, 3.05) is 0 Å². The van der Waals surface area contributed by atoms with Crippen molar-refractivity contribution in [3.05, 3.63) is 23.3 Å². The van der Waals surface area contributed by atoms with Gasteiger partial charge in [-0.2, -0.15) is 0 Å². The summed E-state index contributed by atoms with van der Waals surface area (Å²) < 4.78 is 0. The van der Waals surface area contributed by atoms with Crippen LogP contribution in [0.3, 0.4) is 0 Å². The van der Waals surface area contributed by atoms with Gasteiger partial charge in [0, 0.05) is 11.6 Å². The van der Waals surface area contributed by atoms with Crippen molar-refractivity contribution in [1.29, 1.82) is 0 Å². The number of aryl methyl sites for hydroxylation is 1. The van der Waals surface area contributed by atoms with E-state index in [2.05, 4.69) is 0 Å². The molecule has 1 fully saturated rings. The summed E-state index contributed by atoms with van der Waals surface area (Å²) in [5.41, 5.74) is 0.0587. The average molecular weight is 208 g/mol. The molecule has 1 aliphatic carbocycles. The number of aliphatic carboxylic acids is 1. The molecule has 0 aromatic heterocycles. The summed E-state index contributed by atoms with van der Waals surface area (Å²) in [6, 6.07) is 2.75. The first kappa shape index (κ1) is 9.83. The summed E-state index contributed by atoms with van der Waals surface area (Å²) in [6.07, 6.45) is 1.08. The highest BCUT2D eigenvalue weighted by Gasteiger charge is 2.53. The monoisotopic (exact) mass is 208 g/mol. The maximum Gasteiger partial charge on any atom is 0.314 e. The van der Waals surface area contributed by atoms with Crippen LogP contribution in [0.2, 0.25) is 0 Å². The summed E-state index contributed by atoms with van der Waals surface area (Å²) in [5.74, 6) is -1.07. The molecule has 1 aromatic carbocycles. The highest BCUT2D eigenvalue weighted by molar-refractivity contribution is 5.86. The molecule has 4 nitrogen and oxygen atoms in total. The van der Waals surface area contributed by atoms with Crippen molar-refractivity contribution in [1.82, 2.24) is 0 Å². The minimum Gasteiger partial charge on any atom is -0.508 e. The van der Waals surface area contributed by atoms with E-state index < -0.39 is 11.4 Å². The van der Waals surface area contributed by atoms with Gasteiger partial charge in [0.15, 0.2) is 0 Å². The van der Waals surface area contributed by atoms with Crippen LogP contribution in [0.4, 0.5) is 0 Å². The number of benzene rings is 1. The van der Waals surface area contributed by atoms with E-state index >= 15 is 0 Å². The number of carboxylic acids is 1. The van der Waals surface area contributed by atoms with Gasteiger partial charge in [0.2, 0.25) is 0 Å². The van der Waals surface area contributed by atoms with Crippen LogP contribution in [0, 0.1) is 6.92 Å². The highest BCUT2D eigenvalue weighted by atomic mass is 16.4. The molecule has 0 radical (unpaired) electrons. The number of carboxylic acid groups (broad SMARTS) is 1. The maximum atomic E-state index is 11.1. The Balaban J connectivity index is 2.54. The van der Waals surface area contributed by atoms with E-state index in [0.717, 1.165) is 0 Å². The minimum absolute atomic E-state index is 0.0163. The van der Waals surface area contributed by atoms with Crippen LogP contribution < -0.4 is 0 Å². The van der Waals surface area contributed by atoms with Gasteiger partial charge in [0.25, 0.3) is 0 Å². The molecule has 4 heteroatoms. The molecule has 0 spiro atoms. The van der Waals surface area contributed by atoms with Crippen LogP contribution in [-0.2, 0) is 10.2 Å². The van der Waals surface area contributed by atoms with Crippen molar-refractivity contribution >= 4 is 5.97 Å². The van der Waals surface area contributed by atoms with Crippen LogP contribution in [0.15, 0.2) is 12.1 Å². The molecule has 15 heavy (non-hydrogen) atoms. The van der Waals surface area contributed by atoms with Crippen LogP contribution in [-0.4, -0.2) is 21.3 Å². The number of hydrogen-bond donors (Lipinski definition) is 3. The molecule has 2 rings (SSSR count). The minimum atomic E-state index is -0.928. The van der Waals surface area contributed by atoms with Gasteiger partial charge >= 0.3 is 5.97 Å². The molecule has 0 bridgehead atoms. The zero-order valence-corrected chi connectivity index (χ0v) is 8.32. The summed E-state index contributed by atoms with van der Waals surface area (Å²) in [7, 11) is 0. The van der Waals surface area contributed by atoms with Crippen LogP contribution in [0.5, 0.6) is 11.5 Å². The molecule has 0 heterocycles. The standard InChI is InChI=1S/C11H12O4/c1-6-4-7(9(13)5-8(6)12)11(2-3-11)10(14)15/h4-5,12-13H,2-3H2,1H3,(H,14,15). The third-order valence-electron chi connectivity index (χ3n) is 2.99. The van der Waals surface area contributed by atoms with Gasteiger partial charge in [-0.1, -0.05) is 0 Å². The Morgan fingerprint density at radius 1 is 1.27 bits per heavy atom. The first-order valence-electron chi connectivity index (χ1n) is 4.74. The van der Waals surface area contributed by atoms with Gasteiger partial charge in [-0.3, -0.25) is 4.79 Å². The zero-order chi connectivity index (χ0) is 11.2. The number of phenolic OH excluding ortho intramolecular Hbond substituents is 2. The lowest BCUT2D eigenvalue weighted by molar-refractivity contribution is -0.140. The van der Waals surface area contributed by atoms with Crippen molar-refractivity contribution in [3.63, 3.8) is 0 Å². The number of hydrogen-bond acceptors (Lipinski definition) is 3. The van der Waals surface area contributed by atoms with E-state index in [-0.39, 0.29) is 11.5 Å². The lowest BCUT2D eigenvalue weighted by atomic mass is 9.93. The molecule has 1 aromatic rings. The summed E-state index contributed by atoms with van der Waals surface area (Å²) >= 11 is 0. The topological polar surface area (TPSA) is 77.8 Å². The average Bonchev–Trinajstić information content (AvgIpc) is 2.92.